The van der Waals surface area contributed by atoms with Crippen molar-refractivity contribution in [2.75, 3.05) is 4.90 Å². The third-order valence-electron chi connectivity index (χ3n) is 11.2. The van der Waals surface area contributed by atoms with E-state index in [1.54, 1.807) is 0 Å². The SMILES string of the molecule is c1ccc(-c2ccc(-c3cccc(N(c4cccc5ccccc45)c4cccc5sc6c7ccccc7c(-c7cccc8ccccc78)cc6c45)c3)cc2)cc1. The van der Waals surface area contributed by atoms with E-state index in [2.05, 4.69) is 217 Å². The van der Waals surface area contributed by atoms with Crippen molar-refractivity contribution in [1.29, 1.82) is 0 Å². The topological polar surface area (TPSA) is 3.24 Å². The number of anilines is 3. The maximum atomic E-state index is 2.49. The normalized spacial score (nSPS) is 11.6. The lowest BCUT2D eigenvalue weighted by molar-refractivity contribution is 1.32. The summed E-state index contributed by atoms with van der Waals surface area (Å²) in [6.45, 7) is 0. The largest absolute Gasteiger partial charge is 0.309 e. The van der Waals surface area contributed by atoms with Crippen molar-refractivity contribution in [3.05, 3.63) is 212 Å². The van der Waals surface area contributed by atoms with E-state index < -0.39 is 0 Å². The molecule has 0 saturated heterocycles. The fourth-order valence-electron chi connectivity index (χ4n) is 8.62. The van der Waals surface area contributed by atoms with Gasteiger partial charge in [-0.1, -0.05) is 176 Å². The number of fused-ring (bicyclic) bond motifs is 7. The molecule has 0 N–H and O–H groups in total. The molecule has 2 heteroatoms. The lowest BCUT2D eigenvalue weighted by Crippen LogP contribution is -2.11. The summed E-state index contributed by atoms with van der Waals surface area (Å²) < 4.78 is 2.59. The summed E-state index contributed by atoms with van der Waals surface area (Å²) >= 11 is 1.90. The second kappa shape index (κ2) is 13.4. The van der Waals surface area contributed by atoms with E-state index in [9.17, 15) is 0 Å². The molecule has 0 fully saturated rings. The molecule has 262 valence electrons. The Morgan fingerprint density at radius 2 is 0.875 bits per heavy atom. The van der Waals surface area contributed by atoms with Crippen LogP contribution >= 0.6 is 11.3 Å². The van der Waals surface area contributed by atoms with E-state index in [0.29, 0.717) is 0 Å². The average Bonchev–Trinajstić information content (AvgIpc) is 3.66. The number of thiophene rings is 1. The number of hydrogen-bond acceptors (Lipinski definition) is 2. The fraction of sp³-hybridized carbons (Fsp3) is 0. The van der Waals surface area contributed by atoms with Crippen LogP contribution in [0.3, 0.4) is 0 Å². The van der Waals surface area contributed by atoms with Gasteiger partial charge >= 0.3 is 0 Å². The highest BCUT2D eigenvalue weighted by atomic mass is 32.1. The maximum absolute atomic E-state index is 2.49. The van der Waals surface area contributed by atoms with E-state index in [0.717, 1.165) is 11.4 Å². The van der Waals surface area contributed by atoms with Crippen LogP contribution in [0.5, 0.6) is 0 Å². The predicted molar refractivity (Wildman–Crippen MR) is 243 cm³/mol. The van der Waals surface area contributed by atoms with Crippen molar-refractivity contribution in [2.45, 2.75) is 0 Å². The van der Waals surface area contributed by atoms with Crippen molar-refractivity contribution in [1.82, 2.24) is 0 Å². The first-order chi connectivity index (χ1) is 27.8. The molecule has 0 aliphatic rings. The molecule has 0 unspecified atom stereocenters. The smallest absolute Gasteiger partial charge is 0.0555 e. The van der Waals surface area contributed by atoms with Gasteiger partial charge in [0.25, 0.3) is 0 Å². The Morgan fingerprint density at radius 3 is 1.68 bits per heavy atom. The highest BCUT2D eigenvalue weighted by Crippen LogP contribution is 2.50. The van der Waals surface area contributed by atoms with Gasteiger partial charge in [-0.15, -0.1) is 11.3 Å². The van der Waals surface area contributed by atoms with Crippen LogP contribution in [0.15, 0.2) is 212 Å². The minimum Gasteiger partial charge on any atom is -0.309 e. The van der Waals surface area contributed by atoms with Crippen LogP contribution in [0.25, 0.3) is 85.9 Å². The lowest BCUT2D eigenvalue weighted by atomic mass is 9.92. The van der Waals surface area contributed by atoms with Gasteiger partial charge in [-0.05, 0) is 91.3 Å². The molecule has 11 aromatic rings. The van der Waals surface area contributed by atoms with Crippen molar-refractivity contribution in [2.24, 2.45) is 0 Å². The highest BCUT2D eigenvalue weighted by molar-refractivity contribution is 7.26. The molecule has 10 aromatic carbocycles. The van der Waals surface area contributed by atoms with E-state index >= 15 is 0 Å². The standard InChI is InChI=1S/C54H35NS/c1-2-14-36(15-3-1)37-30-32-38(33-31-37)41-20-10-21-42(34-41)55(50-27-12-19-40-17-5-7-23-44(40)50)51-28-13-29-52-53(51)49-35-48(46-24-8-9-25-47(46)54(49)56-52)45-26-11-18-39-16-4-6-22-43(39)45/h1-35H. The molecule has 0 bridgehead atoms. The number of hydrogen-bond donors (Lipinski definition) is 0. The summed E-state index contributed by atoms with van der Waals surface area (Å²) in [7, 11) is 0. The molecule has 1 nitrogen and oxygen atoms in total. The van der Waals surface area contributed by atoms with Crippen LogP contribution in [0.2, 0.25) is 0 Å². The van der Waals surface area contributed by atoms with Crippen LogP contribution in [0, 0.1) is 0 Å². The summed E-state index contributed by atoms with van der Waals surface area (Å²) in [4.78, 5) is 2.49. The van der Waals surface area contributed by atoms with E-state index in [1.165, 1.54) is 91.6 Å². The maximum Gasteiger partial charge on any atom is 0.0555 e. The van der Waals surface area contributed by atoms with Gasteiger partial charge in [0.15, 0.2) is 0 Å². The molecular formula is C54H35NS. The molecule has 56 heavy (non-hydrogen) atoms. The molecule has 0 aliphatic carbocycles. The first kappa shape index (κ1) is 32.4. The second-order valence-electron chi connectivity index (χ2n) is 14.5. The van der Waals surface area contributed by atoms with Gasteiger partial charge in [0.1, 0.15) is 0 Å². The van der Waals surface area contributed by atoms with Crippen LogP contribution in [-0.4, -0.2) is 0 Å². The lowest BCUT2D eigenvalue weighted by Gasteiger charge is -2.28. The Morgan fingerprint density at radius 1 is 0.321 bits per heavy atom. The first-order valence-corrected chi connectivity index (χ1v) is 20.0. The number of nitrogens with zero attached hydrogens (tertiary/aromatic N) is 1. The van der Waals surface area contributed by atoms with E-state index in [4.69, 9.17) is 0 Å². The molecular weight excluding hydrogens is 695 g/mol. The van der Waals surface area contributed by atoms with Gasteiger partial charge < -0.3 is 4.90 Å². The zero-order valence-electron chi connectivity index (χ0n) is 30.6. The van der Waals surface area contributed by atoms with Crippen molar-refractivity contribution >= 4 is 80.9 Å². The molecule has 0 saturated carbocycles. The third kappa shape index (κ3) is 5.38. The zero-order chi connectivity index (χ0) is 37.0. The second-order valence-corrected chi connectivity index (χ2v) is 15.5. The molecule has 11 rings (SSSR count). The van der Waals surface area contributed by atoms with Gasteiger partial charge in [-0.2, -0.15) is 0 Å². The Bertz CT molecular complexity index is 3240. The first-order valence-electron chi connectivity index (χ1n) is 19.2. The monoisotopic (exact) mass is 729 g/mol. The minimum absolute atomic E-state index is 1.12. The Balaban J connectivity index is 1.17. The summed E-state index contributed by atoms with van der Waals surface area (Å²) in [6.07, 6.45) is 0. The predicted octanol–water partition coefficient (Wildman–Crippen LogP) is 16.0. The molecule has 1 aromatic heterocycles. The molecule has 0 radical (unpaired) electrons. The third-order valence-corrected chi connectivity index (χ3v) is 12.4. The average molecular weight is 730 g/mol. The zero-order valence-corrected chi connectivity index (χ0v) is 31.4. The van der Waals surface area contributed by atoms with Gasteiger partial charge in [-0.25, -0.2) is 0 Å². The van der Waals surface area contributed by atoms with Crippen LogP contribution in [-0.2, 0) is 0 Å². The Labute approximate surface area is 330 Å². The van der Waals surface area contributed by atoms with Crippen LogP contribution in [0.4, 0.5) is 17.1 Å². The molecule has 0 atom stereocenters. The fourth-order valence-corrected chi connectivity index (χ4v) is 9.86. The summed E-state index contributed by atoms with van der Waals surface area (Å²) in [5.41, 5.74) is 10.8. The van der Waals surface area contributed by atoms with Crippen molar-refractivity contribution in [3.63, 3.8) is 0 Å². The Hall–Kier alpha value is -7.00. The van der Waals surface area contributed by atoms with Crippen molar-refractivity contribution in [3.8, 4) is 33.4 Å². The molecule has 0 amide bonds. The summed E-state index contributed by atoms with van der Waals surface area (Å²) in [5, 5.41) is 10.1. The quantitative estimate of drug-likeness (QED) is 0.165. The minimum atomic E-state index is 1.12. The van der Waals surface area contributed by atoms with E-state index in [-0.39, 0.29) is 0 Å². The van der Waals surface area contributed by atoms with Crippen molar-refractivity contribution < 1.29 is 0 Å². The van der Waals surface area contributed by atoms with Gasteiger partial charge in [0.2, 0.25) is 0 Å². The van der Waals surface area contributed by atoms with Gasteiger partial charge in [-0.3, -0.25) is 0 Å². The van der Waals surface area contributed by atoms with Gasteiger partial charge in [0.05, 0.1) is 11.4 Å². The van der Waals surface area contributed by atoms with Gasteiger partial charge in [0, 0.05) is 36.6 Å². The van der Waals surface area contributed by atoms with Crippen LogP contribution < -0.4 is 4.90 Å². The number of rotatable bonds is 6. The molecule has 0 aliphatic heterocycles. The molecule has 1 heterocycles. The summed E-state index contributed by atoms with van der Waals surface area (Å²) in [5.74, 6) is 0. The summed E-state index contributed by atoms with van der Waals surface area (Å²) in [6, 6.07) is 77.7. The molecule has 0 spiro atoms. The van der Waals surface area contributed by atoms with E-state index in [1.807, 2.05) is 11.3 Å². The van der Waals surface area contributed by atoms with Crippen LogP contribution in [0.1, 0.15) is 0 Å². The Kier molecular flexibility index (Phi) is 7.75. The highest BCUT2D eigenvalue weighted by Gasteiger charge is 2.22. The number of benzene rings is 10.